The van der Waals surface area contributed by atoms with Crippen LogP contribution in [-0.4, -0.2) is 55.5 Å². The molecule has 0 spiro atoms. The zero-order valence-corrected chi connectivity index (χ0v) is 23.9. The summed E-state index contributed by atoms with van der Waals surface area (Å²) in [5, 5.41) is 15.1. The van der Waals surface area contributed by atoms with Crippen molar-refractivity contribution in [3.63, 3.8) is 0 Å². The van der Waals surface area contributed by atoms with Crippen molar-refractivity contribution >= 4 is 32.7 Å². The van der Waals surface area contributed by atoms with E-state index in [1.165, 1.54) is 22.8 Å². The highest BCUT2D eigenvalue weighted by Gasteiger charge is 2.61. The second-order valence-electron chi connectivity index (χ2n) is 10.3. The number of nitrogens with zero attached hydrogens (tertiary/aromatic N) is 1. The first kappa shape index (κ1) is 29.5. The number of benzene rings is 2. The average Bonchev–Trinajstić information content (AvgIpc) is 3.49. The summed E-state index contributed by atoms with van der Waals surface area (Å²) in [6.45, 7) is 4.32. The van der Waals surface area contributed by atoms with Gasteiger partial charge < -0.3 is 9.52 Å². The number of fused-ring (bicyclic) bond motifs is 1. The number of carboxylic acids is 1. The first-order valence-electron chi connectivity index (χ1n) is 13.4. The Morgan fingerprint density at radius 1 is 1.20 bits per heavy atom. The number of carbonyl (C=O) groups excluding carboxylic acids is 1. The van der Waals surface area contributed by atoms with E-state index < -0.39 is 27.3 Å². The Kier molecular flexibility index (Phi) is 9.12. The molecule has 3 aromatic rings. The second-order valence-corrected chi connectivity index (χ2v) is 12.3. The van der Waals surface area contributed by atoms with Crippen molar-refractivity contribution in [2.24, 2.45) is 0 Å². The summed E-state index contributed by atoms with van der Waals surface area (Å²) in [5.74, 6) is -1.85. The predicted octanol–water partition coefficient (Wildman–Crippen LogP) is 5.29. The number of hydroxylamine groups is 2. The quantitative estimate of drug-likeness (QED) is 0.116. The standard InChI is InChI=1S/C30H36N2O7S/c1-4-21(2)9-6-5-7-15-32(28(33)24-13-12-22-14-16-38-27(22)18-24)39-20-31-30(29(34)35)19-26(30)23-10-8-11-25(17-23)40(3,36)37/h8-14,16-18,26,31H,4-7,15,19-20H2,1-3H3,(H,34,35)/b21-9-. The van der Waals surface area contributed by atoms with Crippen LogP contribution in [0.25, 0.3) is 11.0 Å². The van der Waals surface area contributed by atoms with E-state index in [1.54, 1.807) is 36.6 Å². The maximum absolute atomic E-state index is 13.4. The van der Waals surface area contributed by atoms with Crippen molar-refractivity contribution in [1.29, 1.82) is 0 Å². The fraction of sp³-hybridized carbons (Fsp3) is 0.400. The molecule has 1 amide bonds. The van der Waals surface area contributed by atoms with E-state index in [0.29, 0.717) is 29.7 Å². The molecule has 9 nitrogen and oxygen atoms in total. The molecule has 0 aliphatic heterocycles. The van der Waals surface area contributed by atoms with Crippen LogP contribution >= 0.6 is 0 Å². The van der Waals surface area contributed by atoms with E-state index in [9.17, 15) is 23.1 Å². The maximum atomic E-state index is 13.4. The van der Waals surface area contributed by atoms with Gasteiger partial charge in [-0.1, -0.05) is 36.8 Å². The molecular weight excluding hydrogens is 532 g/mol. The number of nitrogens with one attached hydrogen (secondary N) is 1. The summed E-state index contributed by atoms with van der Waals surface area (Å²) in [6, 6.07) is 13.3. The van der Waals surface area contributed by atoms with E-state index in [2.05, 4.69) is 25.2 Å². The molecule has 0 bridgehead atoms. The van der Waals surface area contributed by atoms with Crippen LogP contribution in [0.1, 0.15) is 67.8 Å². The Hall–Kier alpha value is -3.47. The third-order valence-electron chi connectivity index (χ3n) is 7.43. The van der Waals surface area contributed by atoms with Crippen molar-refractivity contribution in [2.45, 2.75) is 62.3 Å². The second kappa shape index (κ2) is 12.4. The van der Waals surface area contributed by atoms with E-state index in [-0.39, 0.29) is 24.0 Å². The van der Waals surface area contributed by atoms with Crippen LogP contribution < -0.4 is 5.32 Å². The Labute approximate surface area is 234 Å². The van der Waals surface area contributed by atoms with Gasteiger partial charge in [-0.25, -0.2) is 13.5 Å². The van der Waals surface area contributed by atoms with Gasteiger partial charge in [-0.2, -0.15) is 0 Å². The van der Waals surface area contributed by atoms with Gasteiger partial charge in [0.2, 0.25) is 0 Å². The lowest BCUT2D eigenvalue weighted by atomic mass is 10.1. The number of sulfone groups is 1. The fourth-order valence-corrected chi connectivity index (χ4v) is 5.40. The van der Waals surface area contributed by atoms with Crippen LogP contribution in [0.15, 0.2) is 75.8 Å². The normalized spacial score (nSPS) is 19.1. The SMILES string of the molecule is CC/C(C)=C\CCCCN(OCNC1(C(=O)O)CC1c1cccc(S(C)(=O)=O)c1)C(=O)c1ccc2ccoc2c1. The number of hydrogen-bond donors (Lipinski definition) is 2. The third kappa shape index (κ3) is 6.80. The fourth-order valence-electron chi connectivity index (χ4n) is 4.72. The number of aliphatic carboxylic acids is 1. The van der Waals surface area contributed by atoms with E-state index >= 15 is 0 Å². The number of unbranched alkanes of at least 4 members (excludes halogenated alkanes) is 2. The Morgan fingerprint density at radius 2 is 2.00 bits per heavy atom. The Balaban J connectivity index is 1.44. The first-order valence-corrected chi connectivity index (χ1v) is 15.3. The molecule has 1 heterocycles. The lowest BCUT2D eigenvalue weighted by molar-refractivity contribution is -0.149. The molecule has 40 heavy (non-hydrogen) atoms. The largest absolute Gasteiger partial charge is 0.480 e. The van der Waals surface area contributed by atoms with Crippen LogP contribution in [0.3, 0.4) is 0 Å². The van der Waals surface area contributed by atoms with Crippen LogP contribution in [-0.2, 0) is 19.5 Å². The summed E-state index contributed by atoms with van der Waals surface area (Å²) in [4.78, 5) is 31.7. The summed E-state index contributed by atoms with van der Waals surface area (Å²) >= 11 is 0. The molecule has 0 radical (unpaired) electrons. The summed E-state index contributed by atoms with van der Waals surface area (Å²) < 4.78 is 29.4. The summed E-state index contributed by atoms with van der Waals surface area (Å²) in [7, 11) is -3.43. The van der Waals surface area contributed by atoms with Gasteiger partial charge in [-0.15, -0.1) is 0 Å². The van der Waals surface area contributed by atoms with Crippen LogP contribution in [0, 0.1) is 0 Å². The van der Waals surface area contributed by atoms with Crippen molar-refractivity contribution < 1.29 is 32.4 Å². The minimum atomic E-state index is -3.43. The third-order valence-corrected chi connectivity index (χ3v) is 8.54. The van der Waals surface area contributed by atoms with E-state index in [0.717, 1.165) is 30.9 Å². The van der Waals surface area contributed by atoms with Crippen molar-refractivity contribution in [2.75, 3.05) is 19.5 Å². The van der Waals surface area contributed by atoms with Gasteiger partial charge >= 0.3 is 5.97 Å². The summed E-state index contributed by atoms with van der Waals surface area (Å²) in [6.07, 6.45) is 8.61. The molecule has 1 aliphatic rings. The maximum Gasteiger partial charge on any atom is 0.324 e. The molecular formula is C30H36N2O7S. The molecule has 2 atom stereocenters. The molecule has 1 aromatic heterocycles. The van der Waals surface area contributed by atoms with Gasteiger partial charge in [0.05, 0.1) is 11.2 Å². The molecule has 1 aliphatic carbocycles. The highest BCUT2D eigenvalue weighted by molar-refractivity contribution is 7.90. The van der Waals surface area contributed by atoms with Crippen LogP contribution in [0.4, 0.5) is 0 Å². The Bertz CT molecular complexity index is 1510. The van der Waals surface area contributed by atoms with Gasteiger partial charge in [0.15, 0.2) is 9.84 Å². The number of rotatable bonds is 14. The lowest BCUT2D eigenvalue weighted by Crippen LogP contribution is -2.45. The molecule has 2 N–H and O–H groups in total. The number of amides is 1. The van der Waals surface area contributed by atoms with Gasteiger partial charge in [0.25, 0.3) is 5.91 Å². The van der Waals surface area contributed by atoms with Crippen molar-refractivity contribution in [3.05, 3.63) is 77.6 Å². The van der Waals surface area contributed by atoms with Crippen LogP contribution in [0.5, 0.6) is 0 Å². The number of furan rings is 1. The van der Waals surface area contributed by atoms with Gasteiger partial charge in [0, 0.05) is 29.7 Å². The molecule has 214 valence electrons. The molecule has 10 heteroatoms. The minimum absolute atomic E-state index is 0.140. The molecule has 2 aromatic carbocycles. The highest BCUT2D eigenvalue weighted by atomic mass is 32.2. The number of carbonyl (C=O) groups is 2. The first-order chi connectivity index (χ1) is 19.0. The molecule has 1 fully saturated rings. The van der Waals surface area contributed by atoms with E-state index in [1.807, 2.05) is 6.07 Å². The van der Waals surface area contributed by atoms with Gasteiger partial charge in [-0.05, 0) is 74.9 Å². The van der Waals surface area contributed by atoms with E-state index in [4.69, 9.17) is 9.25 Å². The molecule has 0 saturated heterocycles. The highest BCUT2D eigenvalue weighted by Crippen LogP contribution is 2.52. The predicted molar refractivity (Wildman–Crippen MR) is 152 cm³/mol. The lowest BCUT2D eigenvalue weighted by Gasteiger charge is -2.24. The van der Waals surface area contributed by atoms with Crippen LogP contribution in [0.2, 0.25) is 0 Å². The number of hydrogen-bond acceptors (Lipinski definition) is 7. The average molecular weight is 569 g/mol. The molecule has 4 rings (SSSR count). The Morgan fingerprint density at radius 3 is 2.73 bits per heavy atom. The number of allylic oxidation sites excluding steroid dienone is 2. The molecule has 1 saturated carbocycles. The number of carboxylic acid groups (broad SMARTS) is 1. The monoisotopic (exact) mass is 568 g/mol. The van der Waals surface area contributed by atoms with Crippen molar-refractivity contribution in [1.82, 2.24) is 10.4 Å². The molecule has 2 unspecified atom stereocenters. The summed E-state index contributed by atoms with van der Waals surface area (Å²) in [5.41, 5.74) is 1.61. The van der Waals surface area contributed by atoms with Gasteiger partial charge in [-0.3, -0.25) is 19.7 Å². The van der Waals surface area contributed by atoms with Crippen molar-refractivity contribution in [3.8, 4) is 0 Å². The zero-order valence-electron chi connectivity index (χ0n) is 23.1. The topological polar surface area (TPSA) is 126 Å². The van der Waals surface area contributed by atoms with Gasteiger partial charge in [0.1, 0.15) is 17.9 Å². The zero-order chi connectivity index (χ0) is 28.9. The smallest absolute Gasteiger partial charge is 0.324 e. The minimum Gasteiger partial charge on any atom is -0.480 e.